The topological polar surface area (TPSA) is 110 Å². The fourth-order valence-electron chi connectivity index (χ4n) is 2.44. The summed E-state index contributed by atoms with van der Waals surface area (Å²) >= 11 is 5.90. The maximum Gasteiger partial charge on any atom is 0.271 e. The predicted molar refractivity (Wildman–Crippen MR) is 88.5 cm³/mol. The van der Waals surface area contributed by atoms with E-state index in [1.165, 1.54) is 24.3 Å². The number of fused-ring (bicyclic) bond motifs is 1. The zero-order valence-corrected chi connectivity index (χ0v) is 13.3. The van der Waals surface area contributed by atoms with Crippen molar-refractivity contribution in [2.75, 3.05) is 11.9 Å². The molecule has 2 aromatic carbocycles. The minimum absolute atomic E-state index is 0.0232. The van der Waals surface area contributed by atoms with Crippen molar-refractivity contribution in [2.45, 2.75) is 0 Å². The van der Waals surface area contributed by atoms with Crippen LogP contribution in [-0.2, 0) is 4.79 Å². The lowest BCUT2D eigenvalue weighted by molar-refractivity contribution is -0.384. The average Bonchev–Trinajstić information content (AvgIpc) is 2.82. The Morgan fingerprint density at radius 2 is 1.72 bits per heavy atom. The third kappa shape index (κ3) is 3.07. The summed E-state index contributed by atoms with van der Waals surface area (Å²) in [6.07, 6.45) is 0. The van der Waals surface area contributed by atoms with E-state index in [9.17, 15) is 24.5 Å². The van der Waals surface area contributed by atoms with E-state index in [0.29, 0.717) is 0 Å². The maximum absolute atomic E-state index is 12.2. The van der Waals surface area contributed by atoms with E-state index in [1.54, 1.807) is 12.1 Å². The van der Waals surface area contributed by atoms with Crippen LogP contribution in [-0.4, -0.2) is 34.1 Å². The van der Waals surface area contributed by atoms with Crippen LogP contribution in [0.5, 0.6) is 0 Å². The summed E-state index contributed by atoms with van der Waals surface area (Å²) < 4.78 is 0. The molecule has 1 N–H and O–H groups in total. The molecule has 0 saturated carbocycles. The first kappa shape index (κ1) is 16.6. The number of rotatable bonds is 4. The van der Waals surface area contributed by atoms with Gasteiger partial charge in [0.25, 0.3) is 17.5 Å². The number of nitro groups is 1. The van der Waals surface area contributed by atoms with Crippen LogP contribution in [0.25, 0.3) is 0 Å². The maximum atomic E-state index is 12.2. The van der Waals surface area contributed by atoms with E-state index >= 15 is 0 Å². The summed E-state index contributed by atoms with van der Waals surface area (Å²) in [6.45, 7) is -0.486. The summed E-state index contributed by atoms with van der Waals surface area (Å²) in [5.74, 6) is -1.75. The molecule has 0 radical (unpaired) electrons. The molecule has 0 atom stereocenters. The Hall–Kier alpha value is -3.26. The average molecular weight is 360 g/mol. The van der Waals surface area contributed by atoms with Gasteiger partial charge in [0.2, 0.25) is 5.91 Å². The summed E-state index contributed by atoms with van der Waals surface area (Å²) in [6, 6.07) is 9.85. The quantitative estimate of drug-likeness (QED) is 0.512. The van der Waals surface area contributed by atoms with Crippen molar-refractivity contribution >= 4 is 40.7 Å². The summed E-state index contributed by atoms with van der Waals surface area (Å²) in [5, 5.41) is 13.1. The first-order valence-corrected chi connectivity index (χ1v) is 7.45. The zero-order chi connectivity index (χ0) is 18.1. The molecule has 0 spiro atoms. The number of nitro benzene ring substituents is 1. The molecule has 8 nitrogen and oxygen atoms in total. The lowest BCUT2D eigenvalue weighted by atomic mass is 10.1. The molecule has 0 unspecified atom stereocenters. The van der Waals surface area contributed by atoms with Crippen LogP contribution in [0.15, 0.2) is 42.5 Å². The van der Waals surface area contributed by atoms with Gasteiger partial charge in [0.15, 0.2) is 0 Å². The Kier molecular flexibility index (Phi) is 4.20. The van der Waals surface area contributed by atoms with E-state index in [4.69, 9.17) is 11.6 Å². The minimum Gasteiger partial charge on any atom is -0.323 e. The van der Waals surface area contributed by atoms with Crippen LogP contribution in [0.4, 0.5) is 11.4 Å². The van der Waals surface area contributed by atoms with Crippen LogP contribution in [0.1, 0.15) is 20.7 Å². The molecule has 0 aromatic heterocycles. The van der Waals surface area contributed by atoms with Gasteiger partial charge in [-0.15, -0.1) is 0 Å². The van der Waals surface area contributed by atoms with Gasteiger partial charge in [0.05, 0.1) is 26.8 Å². The molecular weight excluding hydrogens is 350 g/mol. The van der Waals surface area contributed by atoms with Crippen LogP contribution in [0.2, 0.25) is 5.02 Å². The monoisotopic (exact) mass is 359 g/mol. The number of carbonyl (C=O) groups excluding carboxylic acids is 3. The standard InChI is InChI=1S/C16H10ClN3O5/c17-12-7-9(20(24)25)5-6-13(12)18-14(21)8-19-15(22)10-3-1-2-4-11(10)16(19)23/h1-7H,8H2,(H,18,21). The lowest BCUT2D eigenvalue weighted by Gasteiger charge is -2.14. The fourth-order valence-corrected chi connectivity index (χ4v) is 2.66. The normalized spacial score (nSPS) is 12.9. The fraction of sp³-hybridized carbons (Fsp3) is 0.0625. The molecule has 25 heavy (non-hydrogen) atoms. The number of carbonyl (C=O) groups is 3. The highest BCUT2D eigenvalue weighted by Gasteiger charge is 2.36. The van der Waals surface area contributed by atoms with E-state index in [1.807, 2.05) is 0 Å². The number of imide groups is 1. The lowest BCUT2D eigenvalue weighted by Crippen LogP contribution is -2.37. The summed E-state index contributed by atoms with van der Waals surface area (Å²) in [5.41, 5.74) is 0.416. The molecule has 1 aliphatic heterocycles. The number of nitrogens with zero attached hydrogens (tertiary/aromatic N) is 2. The third-order valence-corrected chi connectivity index (χ3v) is 3.93. The Bertz CT molecular complexity index is 893. The molecule has 3 amide bonds. The second kappa shape index (κ2) is 6.33. The largest absolute Gasteiger partial charge is 0.323 e. The van der Waals surface area contributed by atoms with Gasteiger partial charge >= 0.3 is 0 Å². The number of hydrogen-bond donors (Lipinski definition) is 1. The van der Waals surface area contributed by atoms with Crippen molar-refractivity contribution in [1.82, 2.24) is 4.90 Å². The Morgan fingerprint density at radius 1 is 1.12 bits per heavy atom. The van der Waals surface area contributed by atoms with Crippen molar-refractivity contribution in [3.8, 4) is 0 Å². The number of hydrogen-bond acceptors (Lipinski definition) is 5. The van der Waals surface area contributed by atoms with Crippen molar-refractivity contribution in [2.24, 2.45) is 0 Å². The first-order chi connectivity index (χ1) is 11.9. The number of anilines is 1. The third-order valence-electron chi connectivity index (χ3n) is 3.62. The van der Waals surface area contributed by atoms with Crippen molar-refractivity contribution < 1.29 is 19.3 Å². The van der Waals surface area contributed by atoms with Gasteiger partial charge in [0, 0.05) is 12.1 Å². The first-order valence-electron chi connectivity index (χ1n) is 7.07. The van der Waals surface area contributed by atoms with Gasteiger partial charge in [-0.3, -0.25) is 29.4 Å². The molecule has 0 aliphatic carbocycles. The Morgan fingerprint density at radius 3 is 2.24 bits per heavy atom. The molecule has 9 heteroatoms. The van der Waals surface area contributed by atoms with Crippen molar-refractivity contribution in [3.63, 3.8) is 0 Å². The van der Waals surface area contributed by atoms with Gasteiger partial charge in [-0.25, -0.2) is 0 Å². The van der Waals surface area contributed by atoms with Crippen molar-refractivity contribution in [1.29, 1.82) is 0 Å². The Balaban J connectivity index is 1.73. The number of non-ortho nitro benzene ring substituents is 1. The number of benzene rings is 2. The molecule has 3 rings (SSSR count). The highest BCUT2D eigenvalue weighted by Crippen LogP contribution is 2.27. The number of amides is 3. The van der Waals surface area contributed by atoms with Gasteiger partial charge in [-0.1, -0.05) is 23.7 Å². The van der Waals surface area contributed by atoms with E-state index < -0.39 is 29.2 Å². The molecule has 126 valence electrons. The SMILES string of the molecule is O=C(CN1C(=O)c2ccccc2C1=O)Nc1ccc([N+](=O)[O-])cc1Cl. The summed E-state index contributed by atoms with van der Waals surface area (Å²) in [4.78, 5) is 47.4. The van der Waals surface area contributed by atoms with Crippen molar-refractivity contribution in [3.05, 3.63) is 68.7 Å². The van der Waals surface area contributed by atoms with Crippen LogP contribution >= 0.6 is 11.6 Å². The van der Waals surface area contributed by atoms with Gasteiger partial charge in [-0.2, -0.15) is 0 Å². The number of halogens is 1. The zero-order valence-electron chi connectivity index (χ0n) is 12.6. The van der Waals surface area contributed by atoms with Crippen LogP contribution < -0.4 is 5.32 Å². The molecule has 1 aliphatic rings. The molecule has 0 fully saturated rings. The molecule has 2 aromatic rings. The molecule has 1 heterocycles. The smallest absolute Gasteiger partial charge is 0.271 e. The van der Waals surface area contributed by atoms with E-state index in [2.05, 4.69) is 5.32 Å². The highest BCUT2D eigenvalue weighted by atomic mass is 35.5. The molecule has 0 bridgehead atoms. The van der Waals surface area contributed by atoms with Gasteiger partial charge in [0.1, 0.15) is 6.54 Å². The molecule has 0 saturated heterocycles. The Labute approximate surface area is 146 Å². The number of nitrogens with one attached hydrogen (secondary N) is 1. The highest BCUT2D eigenvalue weighted by molar-refractivity contribution is 6.34. The van der Waals surface area contributed by atoms with Crippen LogP contribution in [0, 0.1) is 10.1 Å². The second-order valence-corrected chi connectivity index (χ2v) is 5.62. The van der Waals surface area contributed by atoms with Gasteiger partial charge < -0.3 is 5.32 Å². The molecular formula is C16H10ClN3O5. The minimum atomic E-state index is -0.648. The predicted octanol–water partition coefficient (Wildman–Crippen LogP) is 2.48. The van der Waals surface area contributed by atoms with E-state index in [0.717, 1.165) is 11.0 Å². The van der Waals surface area contributed by atoms with E-state index in [-0.39, 0.29) is 27.5 Å². The summed E-state index contributed by atoms with van der Waals surface area (Å²) in [7, 11) is 0. The second-order valence-electron chi connectivity index (χ2n) is 5.21. The van der Waals surface area contributed by atoms with Crippen LogP contribution in [0.3, 0.4) is 0 Å². The van der Waals surface area contributed by atoms with Gasteiger partial charge in [-0.05, 0) is 18.2 Å².